The van der Waals surface area contributed by atoms with E-state index in [0.717, 1.165) is 18.4 Å². The summed E-state index contributed by atoms with van der Waals surface area (Å²) in [5, 5.41) is 10.0. The first-order valence-corrected chi connectivity index (χ1v) is 6.33. The largest absolute Gasteiger partial charge is 0.508 e. The fourth-order valence-corrected chi connectivity index (χ4v) is 3.32. The number of phenols is 1. The second-order valence-corrected chi connectivity index (χ2v) is 5.14. The highest BCUT2D eigenvalue weighted by Crippen LogP contribution is 2.75. The van der Waals surface area contributed by atoms with Gasteiger partial charge in [-0.25, -0.2) is 0 Å². The number of ether oxygens (including phenoxy) is 1. The monoisotopic (exact) mass is 238 g/mol. The van der Waals surface area contributed by atoms with E-state index in [1.54, 1.807) is 6.07 Å². The molecule has 2 nitrogen and oxygen atoms in total. The Morgan fingerprint density at radius 1 is 0.833 bits per heavy atom. The van der Waals surface area contributed by atoms with Crippen molar-refractivity contribution in [3.63, 3.8) is 0 Å². The Hall–Kier alpha value is -1.80. The van der Waals surface area contributed by atoms with Gasteiger partial charge in [-0.3, -0.25) is 0 Å². The van der Waals surface area contributed by atoms with Gasteiger partial charge in [-0.1, -0.05) is 48.5 Å². The predicted molar refractivity (Wildman–Crippen MR) is 68.2 cm³/mol. The van der Waals surface area contributed by atoms with E-state index < -0.39 is 0 Å². The number of benzene rings is 2. The highest BCUT2D eigenvalue weighted by Gasteiger charge is 2.78. The summed E-state index contributed by atoms with van der Waals surface area (Å²) in [4.78, 5) is 0. The fourth-order valence-electron chi connectivity index (χ4n) is 3.32. The summed E-state index contributed by atoms with van der Waals surface area (Å²) in [6.45, 7) is 0. The van der Waals surface area contributed by atoms with Crippen LogP contribution in [-0.2, 0) is 15.9 Å². The van der Waals surface area contributed by atoms with Crippen molar-refractivity contribution in [2.75, 3.05) is 0 Å². The molecule has 1 N–H and O–H groups in total. The third-order valence-corrected chi connectivity index (χ3v) is 4.37. The second kappa shape index (κ2) is 3.15. The van der Waals surface area contributed by atoms with Gasteiger partial charge < -0.3 is 9.84 Å². The van der Waals surface area contributed by atoms with Crippen LogP contribution in [0.25, 0.3) is 0 Å². The van der Waals surface area contributed by atoms with Crippen LogP contribution in [0.2, 0.25) is 0 Å². The van der Waals surface area contributed by atoms with Crippen molar-refractivity contribution in [2.24, 2.45) is 0 Å². The minimum Gasteiger partial charge on any atom is -0.508 e. The maximum atomic E-state index is 10.0. The molecule has 2 aromatic rings. The van der Waals surface area contributed by atoms with Crippen molar-refractivity contribution in [1.29, 1.82) is 0 Å². The van der Waals surface area contributed by atoms with Crippen molar-refractivity contribution in [2.45, 2.75) is 24.0 Å². The van der Waals surface area contributed by atoms with Crippen molar-refractivity contribution >= 4 is 0 Å². The molecule has 18 heavy (non-hydrogen) atoms. The first-order valence-electron chi connectivity index (χ1n) is 6.33. The molecule has 1 saturated heterocycles. The Kier molecular flexibility index (Phi) is 1.78. The summed E-state index contributed by atoms with van der Waals surface area (Å²) in [5.41, 5.74) is 1.69. The van der Waals surface area contributed by atoms with Crippen molar-refractivity contribution in [3.05, 3.63) is 65.7 Å². The Morgan fingerprint density at radius 3 is 2.17 bits per heavy atom. The van der Waals surface area contributed by atoms with Gasteiger partial charge in [0.05, 0.1) is 0 Å². The van der Waals surface area contributed by atoms with Gasteiger partial charge >= 0.3 is 0 Å². The summed E-state index contributed by atoms with van der Waals surface area (Å²) in [6.07, 6.45) is 2.02. The second-order valence-electron chi connectivity index (χ2n) is 5.14. The van der Waals surface area contributed by atoms with Gasteiger partial charge in [0, 0.05) is 5.56 Å². The van der Waals surface area contributed by atoms with Crippen LogP contribution in [0.1, 0.15) is 24.0 Å². The molecule has 0 aromatic heterocycles. The Morgan fingerprint density at radius 2 is 1.50 bits per heavy atom. The van der Waals surface area contributed by atoms with Gasteiger partial charge in [-0.2, -0.15) is 0 Å². The summed E-state index contributed by atoms with van der Waals surface area (Å²) in [5.74, 6) is 0.343. The predicted octanol–water partition coefficient (Wildman–Crippen LogP) is 3.31. The topological polar surface area (TPSA) is 32.8 Å². The third-order valence-electron chi connectivity index (χ3n) is 4.37. The van der Waals surface area contributed by atoms with Crippen LogP contribution < -0.4 is 0 Å². The number of hydrogen-bond donors (Lipinski definition) is 1. The maximum absolute atomic E-state index is 10.0. The minimum absolute atomic E-state index is 0.187. The van der Waals surface area contributed by atoms with Crippen LogP contribution in [0.4, 0.5) is 0 Å². The van der Waals surface area contributed by atoms with Gasteiger partial charge in [0.15, 0.2) is 0 Å². The quantitative estimate of drug-likeness (QED) is 0.814. The van der Waals surface area contributed by atoms with E-state index in [1.807, 2.05) is 36.4 Å². The molecule has 0 spiro atoms. The molecular weight excluding hydrogens is 224 g/mol. The van der Waals surface area contributed by atoms with Crippen molar-refractivity contribution in [3.8, 4) is 5.75 Å². The van der Waals surface area contributed by atoms with Gasteiger partial charge in [0.1, 0.15) is 17.0 Å². The molecule has 1 aliphatic carbocycles. The van der Waals surface area contributed by atoms with Gasteiger partial charge in [0.25, 0.3) is 0 Å². The number of aromatic hydroxyl groups is 1. The molecule has 2 aromatic carbocycles. The third kappa shape index (κ3) is 1.02. The molecule has 0 bridgehead atoms. The van der Waals surface area contributed by atoms with Crippen LogP contribution >= 0.6 is 0 Å². The van der Waals surface area contributed by atoms with Gasteiger partial charge in [-0.05, 0) is 24.5 Å². The normalized spacial score (nSPS) is 32.4. The summed E-state index contributed by atoms with van der Waals surface area (Å²) in [6, 6.07) is 17.8. The Labute approximate surface area is 106 Å². The lowest BCUT2D eigenvalue weighted by Gasteiger charge is -2.30. The molecule has 2 atom stereocenters. The number of phenolic OH excluding ortho intramolecular Hbond substituents is 1. The van der Waals surface area contributed by atoms with Crippen LogP contribution in [0.15, 0.2) is 54.6 Å². The Balaban J connectivity index is 1.80. The minimum atomic E-state index is -0.278. The smallest absolute Gasteiger partial charge is 0.131 e. The van der Waals surface area contributed by atoms with Gasteiger partial charge in [0.2, 0.25) is 0 Å². The molecule has 90 valence electrons. The number of fused-ring (bicyclic) bond motifs is 1. The maximum Gasteiger partial charge on any atom is 0.131 e. The van der Waals surface area contributed by atoms with E-state index in [4.69, 9.17) is 4.74 Å². The van der Waals surface area contributed by atoms with E-state index >= 15 is 0 Å². The molecule has 1 heterocycles. The first-order chi connectivity index (χ1) is 8.79. The molecule has 2 fully saturated rings. The lowest BCUT2D eigenvalue weighted by Crippen LogP contribution is -2.32. The molecule has 1 saturated carbocycles. The molecule has 0 amide bonds. The van der Waals surface area contributed by atoms with Crippen LogP contribution in [-0.4, -0.2) is 5.11 Å². The van der Waals surface area contributed by atoms with E-state index in [0.29, 0.717) is 5.75 Å². The van der Waals surface area contributed by atoms with Crippen molar-refractivity contribution in [1.82, 2.24) is 0 Å². The Bertz CT molecular complexity index is 608. The summed E-state index contributed by atoms with van der Waals surface area (Å²) >= 11 is 0. The molecule has 0 radical (unpaired) electrons. The van der Waals surface area contributed by atoms with E-state index in [1.165, 1.54) is 5.56 Å². The van der Waals surface area contributed by atoms with Crippen molar-refractivity contribution < 1.29 is 9.84 Å². The number of rotatable bonds is 2. The van der Waals surface area contributed by atoms with Crippen LogP contribution in [0, 0.1) is 0 Å². The van der Waals surface area contributed by atoms with Crippen LogP contribution in [0.5, 0.6) is 5.75 Å². The number of para-hydroxylation sites is 1. The zero-order chi connectivity index (χ0) is 12.2. The first kappa shape index (κ1) is 10.2. The molecular formula is C16H14O2. The average Bonchev–Trinajstić information content (AvgIpc) is 2.89. The standard InChI is InChI=1S/C16H14O2/c17-14-9-5-4-8-13(14)16-11-10-15(16,18-16)12-6-2-1-3-7-12/h1-9,17H,10-11H2/t15-,16+/m1/s1. The van der Waals surface area contributed by atoms with Gasteiger partial charge in [-0.15, -0.1) is 0 Å². The highest BCUT2D eigenvalue weighted by atomic mass is 16.6. The number of epoxide rings is 1. The molecule has 1 aliphatic heterocycles. The summed E-state index contributed by atoms with van der Waals surface area (Å²) < 4.78 is 6.10. The SMILES string of the molecule is Oc1ccccc1[C@@]12CC[C@]1(c1ccccc1)O2. The molecule has 4 rings (SSSR count). The molecule has 2 heteroatoms. The lowest BCUT2D eigenvalue weighted by molar-refractivity contribution is 0.306. The lowest BCUT2D eigenvalue weighted by atomic mass is 9.67. The zero-order valence-corrected chi connectivity index (χ0v) is 9.97. The summed E-state index contributed by atoms with van der Waals surface area (Å²) in [7, 11) is 0. The molecule has 2 aliphatic rings. The van der Waals surface area contributed by atoms with E-state index in [2.05, 4.69) is 12.1 Å². The average molecular weight is 238 g/mol. The molecule has 0 unspecified atom stereocenters. The van der Waals surface area contributed by atoms with E-state index in [-0.39, 0.29) is 11.2 Å². The van der Waals surface area contributed by atoms with Crippen LogP contribution in [0.3, 0.4) is 0 Å². The highest BCUT2D eigenvalue weighted by molar-refractivity contribution is 5.50. The zero-order valence-electron chi connectivity index (χ0n) is 9.97. The van der Waals surface area contributed by atoms with E-state index in [9.17, 15) is 5.11 Å². The number of hydrogen-bond acceptors (Lipinski definition) is 2. The fraction of sp³-hybridized carbons (Fsp3) is 0.250.